The summed E-state index contributed by atoms with van der Waals surface area (Å²) in [5.41, 5.74) is 7.36. The molecule has 4 rings (SSSR count). The van der Waals surface area contributed by atoms with Gasteiger partial charge in [0.1, 0.15) is 11.4 Å². The predicted octanol–water partition coefficient (Wildman–Crippen LogP) is 4.52. The van der Waals surface area contributed by atoms with E-state index in [4.69, 9.17) is 9.84 Å². The van der Waals surface area contributed by atoms with Gasteiger partial charge < -0.3 is 10.1 Å². The highest BCUT2D eigenvalue weighted by molar-refractivity contribution is 5.96. The second-order valence-corrected chi connectivity index (χ2v) is 8.43. The van der Waals surface area contributed by atoms with Gasteiger partial charge in [0.15, 0.2) is 0 Å². The number of nitrogens with zero attached hydrogens (tertiary/aromatic N) is 3. The minimum atomic E-state index is -0.444. The summed E-state index contributed by atoms with van der Waals surface area (Å²) in [4.78, 5) is 24.6. The van der Waals surface area contributed by atoms with E-state index in [0.717, 1.165) is 34.5 Å². The van der Waals surface area contributed by atoms with Crippen LogP contribution >= 0.6 is 0 Å². The molecular weight excluding hydrogens is 466 g/mol. The van der Waals surface area contributed by atoms with E-state index in [1.54, 1.807) is 35.2 Å². The minimum absolute atomic E-state index is 0.210. The Morgan fingerprint density at radius 1 is 1.03 bits per heavy atom. The predicted molar refractivity (Wildman–Crippen MR) is 144 cm³/mol. The molecule has 0 unspecified atom stereocenters. The van der Waals surface area contributed by atoms with Crippen molar-refractivity contribution < 1.29 is 14.3 Å². The summed E-state index contributed by atoms with van der Waals surface area (Å²) in [5.74, 6) is -0.0989. The standard InChI is InChI=1S/C29H29N5O3/c1-3-16-37-26-14-12-22(13-15-26)29(36)30-19-27(35)32-31-18-24-20-34(25-10-5-4-6-11-25)33-28(24)23-9-7-8-21(2)17-23/h4-15,17-18,20H,3,16,19H2,1-2H3,(H,30,36)(H,32,35)/b31-18+. The lowest BCUT2D eigenvalue weighted by Gasteiger charge is -2.07. The van der Waals surface area contributed by atoms with Gasteiger partial charge in [0.25, 0.3) is 11.8 Å². The lowest BCUT2D eigenvalue weighted by molar-refractivity contribution is -0.120. The Balaban J connectivity index is 1.39. The maximum atomic E-state index is 12.4. The van der Waals surface area contributed by atoms with Gasteiger partial charge >= 0.3 is 0 Å². The number of aryl methyl sites for hydroxylation is 1. The van der Waals surface area contributed by atoms with Crippen molar-refractivity contribution in [3.05, 3.63) is 102 Å². The molecule has 0 fully saturated rings. The molecule has 0 radical (unpaired) electrons. The smallest absolute Gasteiger partial charge is 0.259 e. The van der Waals surface area contributed by atoms with Crippen LogP contribution in [-0.4, -0.2) is 41.0 Å². The van der Waals surface area contributed by atoms with Crippen molar-refractivity contribution in [3.8, 4) is 22.7 Å². The maximum Gasteiger partial charge on any atom is 0.259 e. The van der Waals surface area contributed by atoms with Crippen LogP contribution in [0.25, 0.3) is 16.9 Å². The first-order chi connectivity index (χ1) is 18.0. The Morgan fingerprint density at radius 2 is 1.81 bits per heavy atom. The highest BCUT2D eigenvalue weighted by Gasteiger charge is 2.12. The van der Waals surface area contributed by atoms with Gasteiger partial charge in [-0.25, -0.2) is 10.1 Å². The highest BCUT2D eigenvalue weighted by Crippen LogP contribution is 2.23. The van der Waals surface area contributed by atoms with Crippen molar-refractivity contribution in [1.29, 1.82) is 0 Å². The zero-order valence-electron chi connectivity index (χ0n) is 20.8. The van der Waals surface area contributed by atoms with E-state index < -0.39 is 5.91 Å². The summed E-state index contributed by atoms with van der Waals surface area (Å²) in [6.07, 6.45) is 4.32. The van der Waals surface area contributed by atoms with Crippen LogP contribution in [0.15, 0.2) is 90.2 Å². The molecule has 1 heterocycles. The second-order valence-electron chi connectivity index (χ2n) is 8.43. The van der Waals surface area contributed by atoms with Crippen LogP contribution in [0, 0.1) is 6.92 Å². The van der Waals surface area contributed by atoms with E-state index >= 15 is 0 Å². The molecule has 1 aromatic heterocycles. The number of hydrogen-bond acceptors (Lipinski definition) is 5. The molecule has 0 bridgehead atoms. The topological polar surface area (TPSA) is 97.6 Å². The van der Waals surface area contributed by atoms with Crippen molar-refractivity contribution in [3.63, 3.8) is 0 Å². The average Bonchev–Trinajstić information content (AvgIpc) is 3.35. The number of rotatable bonds is 10. The van der Waals surface area contributed by atoms with Crippen molar-refractivity contribution in [2.24, 2.45) is 5.10 Å². The largest absolute Gasteiger partial charge is 0.494 e. The maximum absolute atomic E-state index is 12.4. The zero-order valence-corrected chi connectivity index (χ0v) is 20.8. The first kappa shape index (κ1) is 25.4. The van der Waals surface area contributed by atoms with Crippen LogP contribution < -0.4 is 15.5 Å². The Kier molecular flexibility index (Phi) is 8.44. The number of hydrazone groups is 1. The summed E-state index contributed by atoms with van der Waals surface area (Å²) in [5, 5.41) is 11.5. The summed E-state index contributed by atoms with van der Waals surface area (Å²) in [6.45, 7) is 4.45. The monoisotopic (exact) mass is 495 g/mol. The summed E-state index contributed by atoms with van der Waals surface area (Å²) < 4.78 is 7.30. The number of carbonyl (C=O) groups excluding carboxylic acids is 2. The van der Waals surface area contributed by atoms with Crippen LogP contribution in [0.5, 0.6) is 5.75 Å². The average molecular weight is 496 g/mol. The van der Waals surface area contributed by atoms with E-state index in [-0.39, 0.29) is 12.5 Å². The number of ether oxygens (including phenoxy) is 1. The number of para-hydroxylation sites is 1. The molecule has 4 aromatic rings. The molecule has 0 atom stereocenters. The molecule has 0 spiro atoms. The third-order valence-corrected chi connectivity index (χ3v) is 5.45. The Morgan fingerprint density at radius 3 is 2.54 bits per heavy atom. The fraction of sp³-hybridized carbons (Fsp3) is 0.172. The minimum Gasteiger partial charge on any atom is -0.494 e. The molecule has 0 aliphatic rings. The number of benzene rings is 3. The van der Waals surface area contributed by atoms with E-state index in [1.165, 1.54) is 0 Å². The molecule has 8 nitrogen and oxygen atoms in total. The van der Waals surface area contributed by atoms with Gasteiger partial charge in [-0.1, -0.05) is 48.9 Å². The summed E-state index contributed by atoms with van der Waals surface area (Å²) >= 11 is 0. The molecule has 0 aliphatic heterocycles. The van der Waals surface area contributed by atoms with Gasteiger partial charge in [0, 0.05) is 22.9 Å². The third-order valence-electron chi connectivity index (χ3n) is 5.45. The summed E-state index contributed by atoms with van der Waals surface area (Å²) in [7, 11) is 0. The number of carbonyl (C=O) groups is 2. The Labute approximate surface area is 216 Å². The summed E-state index contributed by atoms with van der Waals surface area (Å²) in [6, 6.07) is 24.6. The van der Waals surface area contributed by atoms with Gasteiger partial charge in [0.05, 0.1) is 25.1 Å². The van der Waals surface area contributed by atoms with Crippen molar-refractivity contribution in [2.75, 3.05) is 13.2 Å². The lowest BCUT2D eigenvalue weighted by atomic mass is 10.1. The molecule has 188 valence electrons. The van der Waals surface area contributed by atoms with Gasteiger partial charge in [-0.3, -0.25) is 9.59 Å². The normalized spacial score (nSPS) is 10.9. The van der Waals surface area contributed by atoms with Crippen molar-refractivity contribution in [2.45, 2.75) is 20.3 Å². The lowest BCUT2D eigenvalue weighted by Crippen LogP contribution is -2.34. The fourth-order valence-electron chi connectivity index (χ4n) is 3.61. The molecule has 0 aliphatic carbocycles. The quantitative estimate of drug-likeness (QED) is 0.250. The van der Waals surface area contributed by atoms with Gasteiger partial charge in [-0.15, -0.1) is 0 Å². The first-order valence-corrected chi connectivity index (χ1v) is 12.1. The van der Waals surface area contributed by atoms with Gasteiger partial charge in [-0.2, -0.15) is 10.2 Å². The second kappa shape index (κ2) is 12.3. The van der Waals surface area contributed by atoms with Crippen LogP contribution in [0.2, 0.25) is 0 Å². The van der Waals surface area contributed by atoms with E-state index in [2.05, 4.69) is 15.8 Å². The molecule has 0 saturated heterocycles. The van der Waals surface area contributed by atoms with E-state index in [1.807, 2.05) is 74.6 Å². The number of aromatic nitrogens is 2. The van der Waals surface area contributed by atoms with Gasteiger partial charge in [0.2, 0.25) is 0 Å². The third kappa shape index (κ3) is 6.91. The number of nitrogens with one attached hydrogen (secondary N) is 2. The molecular formula is C29H29N5O3. The van der Waals surface area contributed by atoms with E-state index in [0.29, 0.717) is 17.9 Å². The molecule has 2 N–H and O–H groups in total. The molecule has 37 heavy (non-hydrogen) atoms. The fourth-order valence-corrected chi connectivity index (χ4v) is 3.61. The molecule has 3 aromatic carbocycles. The zero-order chi connectivity index (χ0) is 26.0. The number of hydrogen-bond donors (Lipinski definition) is 2. The SMILES string of the molecule is CCCOc1ccc(C(=O)NCC(=O)N/N=C/c2cn(-c3ccccc3)nc2-c2cccc(C)c2)cc1. The Bertz CT molecular complexity index is 1380. The van der Waals surface area contributed by atoms with Crippen LogP contribution in [-0.2, 0) is 4.79 Å². The number of amides is 2. The van der Waals surface area contributed by atoms with Crippen LogP contribution in [0.4, 0.5) is 0 Å². The molecule has 0 saturated carbocycles. The van der Waals surface area contributed by atoms with Crippen molar-refractivity contribution >= 4 is 18.0 Å². The molecule has 8 heteroatoms. The molecule has 2 amide bonds. The van der Waals surface area contributed by atoms with Crippen LogP contribution in [0.1, 0.15) is 34.8 Å². The highest BCUT2D eigenvalue weighted by atomic mass is 16.5. The first-order valence-electron chi connectivity index (χ1n) is 12.1. The van der Waals surface area contributed by atoms with Crippen molar-refractivity contribution in [1.82, 2.24) is 20.5 Å². The Hall–Kier alpha value is -4.72. The van der Waals surface area contributed by atoms with E-state index in [9.17, 15) is 9.59 Å². The van der Waals surface area contributed by atoms with Crippen LogP contribution in [0.3, 0.4) is 0 Å². The van der Waals surface area contributed by atoms with Gasteiger partial charge in [-0.05, 0) is 55.8 Å².